The minimum Gasteiger partial charge on any atom is -0.496 e. The van der Waals surface area contributed by atoms with Gasteiger partial charge in [0.15, 0.2) is 0 Å². The number of hydrogen-bond donors (Lipinski definition) is 2. The van der Waals surface area contributed by atoms with E-state index >= 15 is 0 Å². The van der Waals surface area contributed by atoms with Crippen molar-refractivity contribution in [3.05, 3.63) is 22.7 Å². The van der Waals surface area contributed by atoms with Gasteiger partial charge < -0.3 is 15.8 Å². The number of carbonyl (C=O) groups is 1. The molecule has 0 saturated heterocycles. The van der Waals surface area contributed by atoms with Crippen molar-refractivity contribution < 1.29 is 9.53 Å². The largest absolute Gasteiger partial charge is 0.496 e. The second-order valence-corrected chi connectivity index (χ2v) is 5.87. The molecule has 0 spiro atoms. The summed E-state index contributed by atoms with van der Waals surface area (Å²) in [5, 5.41) is 2.89. The summed E-state index contributed by atoms with van der Waals surface area (Å²) in [6, 6.07) is 5.44. The van der Waals surface area contributed by atoms with Gasteiger partial charge in [0.1, 0.15) is 5.75 Å². The number of halogens is 1. The lowest BCUT2D eigenvalue weighted by Gasteiger charge is -2.31. The smallest absolute Gasteiger partial charge is 0.244 e. The Labute approximate surface area is 121 Å². The predicted molar refractivity (Wildman–Crippen MR) is 79.3 cm³/mol. The average Bonchev–Trinajstić information content (AvgIpc) is 2.40. The molecule has 0 unspecified atom stereocenters. The Hall–Kier alpha value is -1.07. The second-order valence-electron chi connectivity index (χ2n) is 5.02. The Morgan fingerprint density at radius 1 is 1.37 bits per heavy atom. The predicted octanol–water partition coefficient (Wildman–Crippen LogP) is 3.06. The molecule has 1 saturated carbocycles. The molecular formula is C14H19BrN2O2. The van der Waals surface area contributed by atoms with Crippen LogP contribution in [0.4, 0.5) is 5.69 Å². The van der Waals surface area contributed by atoms with E-state index in [9.17, 15) is 4.79 Å². The number of nitrogens with two attached hydrogens (primary N) is 1. The molecule has 0 aliphatic heterocycles. The standard InChI is InChI=1S/C14H19BrN2O2/c1-19-12-6-5-10(9-11(12)15)17-13(18)14(16)7-3-2-4-8-14/h5-6,9H,2-4,7-8,16H2,1H3,(H,17,18). The van der Waals surface area contributed by atoms with Gasteiger partial charge in [-0.05, 0) is 47.0 Å². The van der Waals surface area contributed by atoms with E-state index in [1.807, 2.05) is 18.2 Å². The van der Waals surface area contributed by atoms with Crippen molar-refractivity contribution in [1.82, 2.24) is 0 Å². The average molecular weight is 327 g/mol. The first-order valence-corrected chi connectivity index (χ1v) is 7.28. The number of anilines is 1. The van der Waals surface area contributed by atoms with Gasteiger partial charge in [-0.3, -0.25) is 4.79 Å². The van der Waals surface area contributed by atoms with Crippen molar-refractivity contribution >= 4 is 27.5 Å². The second kappa shape index (κ2) is 5.92. The van der Waals surface area contributed by atoms with Gasteiger partial charge in [0.05, 0.1) is 17.1 Å². The molecule has 0 aromatic heterocycles. The van der Waals surface area contributed by atoms with Gasteiger partial charge in [-0.15, -0.1) is 0 Å². The summed E-state index contributed by atoms with van der Waals surface area (Å²) < 4.78 is 5.96. The topological polar surface area (TPSA) is 64.3 Å². The molecule has 5 heteroatoms. The molecule has 3 N–H and O–H groups in total. The lowest BCUT2D eigenvalue weighted by molar-refractivity contribution is -0.122. The van der Waals surface area contributed by atoms with Gasteiger partial charge in [0, 0.05) is 5.69 Å². The number of amides is 1. The quantitative estimate of drug-likeness (QED) is 0.897. The van der Waals surface area contributed by atoms with E-state index in [1.54, 1.807) is 7.11 Å². The number of nitrogens with one attached hydrogen (secondary N) is 1. The van der Waals surface area contributed by atoms with Crippen LogP contribution < -0.4 is 15.8 Å². The molecule has 0 bridgehead atoms. The maximum absolute atomic E-state index is 12.3. The van der Waals surface area contributed by atoms with Crippen LogP contribution in [-0.4, -0.2) is 18.6 Å². The normalized spacial score (nSPS) is 17.8. The Morgan fingerprint density at radius 2 is 2.05 bits per heavy atom. The van der Waals surface area contributed by atoms with Gasteiger partial charge >= 0.3 is 0 Å². The number of ether oxygens (including phenoxy) is 1. The molecule has 0 atom stereocenters. The first kappa shape index (κ1) is 14.3. The number of rotatable bonds is 3. The van der Waals surface area contributed by atoms with Crippen LogP contribution in [0.1, 0.15) is 32.1 Å². The summed E-state index contributed by atoms with van der Waals surface area (Å²) in [5.41, 5.74) is 6.21. The van der Waals surface area contributed by atoms with Crippen LogP contribution in [0, 0.1) is 0 Å². The molecular weight excluding hydrogens is 308 g/mol. The zero-order chi connectivity index (χ0) is 13.9. The highest BCUT2D eigenvalue weighted by molar-refractivity contribution is 9.10. The van der Waals surface area contributed by atoms with Gasteiger partial charge in [-0.2, -0.15) is 0 Å². The summed E-state index contributed by atoms with van der Waals surface area (Å²) in [5.74, 6) is 0.641. The molecule has 104 valence electrons. The third-order valence-electron chi connectivity index (χ3n) is 3.61. The van der Waals surface area contributed by atoms with Crippen LogP contribution in [0.2, 0.25) is 0 Å². The van der Waals surface area contributed by atoms with E-state index in [2.05, 4.69) is 21.2 Å². The highest BCUT2D eigenvalue weighted by atomic mass is 79.9. The zero-order valence-electron chi connectivity index (χ0n) is 11.0. The van der Waals surface area contributed by atoms with Crippen molar-refractivity contribution in [2.24, 2.45) is 5.73 Å². The van der Waals surface area contributed by atoms with E-state index in [-0.39, 0.29) is 5.91 Å². The van der Waals surface area contributed by atoms with E-state index in [1.165, 1.54) is 6.42 Å². The lowest BCUT2D eigenvalue weighted by atomic mass is 9.82. The highest BCUT2D eigenvalue weighted by Crippen LogP contribution is 2.30. The molecule has 1 fully saturated rings. The fraction of sp³-hybridized carbons (Fsp3) is 0.500. The Morgan fingerprint density at radius 3 is 2.63 bits per heavy atom. The Kier molecular flexibility index (Phi) is 4.47. The van der Waals surface area contributed by atoms with Crippen molar-refractivity contribution in [1.29, 1.82) is 0 Å². The molecule has 1 amide bonds. The van der Waals surface area contributed by atoms with Gasteiger partial charge in [-0.25, -0.2) is 0 Å². The molecule has 1 aliphatic carbocycles. The van der Waals surface area contributed by atoms with E-state index in [4.69, 9.17) is 10.5 Å². The Bertz CT molecular complexity index is 471. The van der Waals surface area contributed by atoms with Crippen LogP contribution in [-0.2, 0) is 4.79 Å². The number of benzene rings is 1. The molecule has 1 aliphatic rings. The number of methoxy groups -OCH3 is 1. The SMILES string of the molecule is COc1ccc(NC(=O)C2(N)CCCCC2)cc1Br. The summed E-state index contributed by atoms with van der Waals surface area (Å²) in [4.78, 5) is 12.3. The van der Waals surface area contributed by atoms with Crippen LogP contribution in [0.3, 0.4) is 0 Å². The van der Waals surface area contributed by atoms with Gasteiger partial charge in [0.25, 0.3) is 0 Å². The minimum atomic E-state index is -0.718. The van der Waals surface area contributed by atoms with Crippen molar-refractivity contribution in [2.75, 3.05) is 12.4 Å². The van der Waals surface area contributed by atoms with Crippen LogP contribution >= 0.6 is 15.9 Å². The maximum Gasteiger partial charge on any atom is 0.244 e. The van der Waals surface area contributed by atoms with E-state index in [0.717, 1.165) is 41.6 Å². The number of carbonyl (C=O) groups excluding carboxylic acids is 1. The molecule has 0 radical (unpaired) electrons. The highest BCUT2D eigenvalue weighted by Gasteiger charge is 2.35. The third-order valence-corrected chi connectivity index (χ3v) is 4.23. The fourth-order valence-electron chi connectivity index (χ4n) is 2.41. The first-order valence-electron chi connectivity index (χ1n) is 6.49. The molecule has 1 aromatic carbocycles. The fourth-order valence-corrected chi connectivity index (χ4v) is 2.95. The van der Waals surface area contributed by atoms with Gasteiger partial charge in [0.2, 0.25) is 5.91 Å². The van der Waals surface area contributed by atoms with Gasteiger partial charge in [-0.1, -0.05) is 19.3 Å². The van der Waals surface area contributed by atoms with Crippen LogP contribution in [0.5, 0.6) is 5.75 Å². The molecule has 0 heterocycles. The molecule has 4 nitrogen and oxygen atoms in total. The third kappa shape index (κ3) is 3.28. The first-order chi connectivity index (χ1) is 9.05. The maximum atomic E-state index is 12.3. The molecule has 19 heavy (non-hydrogen) atoms. The summed E-state index contributed by atoms with van der Waals surface area (Å²) in [6.07, 6.45) is 4.74. The van der Waals surface area contributed by atoms with E-state index in [0.29, 0.717) is 0 Å². The van der Waals surface area contributed by atoms with Crippen molar-refractivity contribution in [3.8, 4) is 5.75 Å². The van der Waals surface area contributed by atoms with Crippen molar-refractivity contribution in [3.63, 3.8) is 0 Å². The van der Waals surface area contributed by atoms with Crippen molar-refractivity contribution in [2.45, 2.75) is 37.6 Å². The summed E-state index contributed by atoms with van der Waals surface area (Å²) >= 11 is 3.40. The monoisotopic (exact) mass is 326 g/mol. The summed E-state index contributed by atoms with van der Waals surface area (Å²) in [6.45, 7) is 0. The molecule has 1 aromatic rings. The van der Waals surface area contributed by atoms with Crippen LogP contribution in [0.25, 0.3) is 0 Å². The van der Waals surface area contributed by atoms with Crippen LogP contribution in [0.15, 0.2) is 22.7 Å². The zero-order valence-corrected chi connectivity index (χ0v) is 12.6. The van der Waals surface area contributed by atoms with E-state index < -0.39 is 5.54 Å². The minimum absolute atomic E-state index is 0.0933. The lowest BCUT2D eigenvalue weighted by Crippen LogP contribution is -2.52. The summed E-state index contributed by atoms with van der Waals surface area (Å²) in [7, 11) is 1.61. The molecule has 2 rings (SSSR count). The Balaban J connectivity index is 2.08. The number of hydrogen-bond acceptors (Lipinski definition) is 3.